The fraction of sp³-hybridized carbons (Fsp3) is 0.562. The summed E-state index contributed by atoms with van der Waals surface area (Å²) in [6.45, 7) is 6.21. The summed E-state index contributed by atoms with van der Waals surface area (Å²) < 4.78 is 5.79. The van der Waals surface area contributed by atoms with Gasteiger partial charge in [-0.3, -0.25) is 4.90 Å². The van der Waals surface area contributed by atoms with Crippen LogP contribution in [0, 0.1) is 0 Å². The molecular formula is C16H25N3O2. The summed E-state index contributed by atoms with van der Waals surface area (Å²) >= 11 is 0. The minimum atomic E-state index is 0.109. The van der Waals surface area contributed by atoms with E-state index in [2.05, 4.69) is 23.9 Å². The Balaban J connectivity index is 1.83. The standard InChI is InChI=1S/C16H25N3O2/c1-12-4-3-5-13(2)19(12)10-11-21-15-8-6-14(7-9-15)16(17)18-20/h6-9,12-13,20H,3-5,10-11H2,1-2H3,(H2,17,18)/t12-,13+. The predicted octanol–water partition coefficient (Wildman–Crippen LogP) is 2.42. The molecule has 1 aromatic rings. The van der Waals surface area contributed by atoms with Crippen LogP contribution in [-0.4, -0.2) is 41.2 Å². The molecule has 0 aliphatic carbocycles. The number of nitrogens with two attached hydrogens (primary N) is 1. The van der Waals surface area contributed by atoms with Crippen molar-refractivity contribution < 1.29 is 9.94 Å². The van der Waals surface area contributed by atoms with E-state index in [-0.39, 0.29) is 5.84 Å². The normalized spacial score (nSPS) is 24.0. The highest BCUT2D eigenvalue weighted by Crippen LogP contribution is 2.22. The molecule has 0 spiro atoms. The van der Waals surface area contributed by atoms with Gasteiger partial charge in [0.2, 0.25) is 0 Å². The van der Waals surface area contributed by atoms with Crippen LogP contribution < -0.4 is 10.5 Å². The number of piperidine rings is 1. The second-order valence-corrected chi connectivity index (χ2v) is 5.72. The number of rotatable bonds is 5. The Hall–Kier alpha value is -1.75. The van der Waals surface area contributed by atoms with Crippen LogP contribution in [-0.2, 0) is 0 Å². The molecular weight excluding hydrogens is 266 g/mol. The van der Waals surface area contributed by atoms with Gasteiger partial charge in [0.05, 0.1) is 0 Å². The predicted molar refractivity (Wildman–Crippen MR) is 83.9 cm³/mol. The molecule has 5 nitrogen and oxygen atoms in total. The molecule has 2 rings (SSSR count). The van der Waals surface area contributed by atoms with Gasteiger partial charge in [-0.2, -0.15) is 0 Å². The van der Waals surface area contributed by atoms with Gasteiger partial charge >= 0.3 is 0 Å². The van der Waals surface area contributed by atoms with Crippen molar-refractivity contribution in [1.82, 2.24) is 4.90 Å². The highest BCUT2D eigenvalue weighted by molar-refractivity contribution is 5.97. The van der Waals surface area contributed by atoms with Crippen molar-refractivity contribution in [2.45, 2.75) is 45.2 Å². The number of hydrogen-bond acceptors (Lipinski definition) is 4. The molecule has 1 fully saturated rings. The van der Waals surface area contributed by atoms with E-state index in [0.29, 0.717) is 24.3 Å². The van der Waals surface area contributed by atoms with Gasteiger partial charge in [-0.05, 0) is 51.0 Å². The van der Waals surface area contributed by atoms with E-state index in [1.165, 1.54) is 19.3 Å². The maximum atomic E-state index is 8.62. The first-order chi connectivity index (χ1) is 10.1. The molecule has 1 aliphatic heterocycles. The summed E-state index contributed by atoms with van der Waals surface area (Å²) in [6.07, 6.45) is 3.88. The van der Waals surface area contributed by atoms with Gasteiger partial charge in [0.25, 0.3) is 0 Å². The van der Waals surface area contributed by atoms with Crippen molar-refractivity contribution in [3.05, 3.63) is 29.8 Å². The summed E-state index contributed by atoms with van der Waals surface area (Å²) in [4.78, 5) is 2.52. The number of benzene rings is 1. The van der Waals surface area contributed by atoms with Crippen molar-refractivity contribution in [3.63, 3.8) is 0 Å². The van der Waals surface area contributed by atoms with E-state index in [1.54, 1.807) is 12.1 Å². The first kappa shape index (κ1) is 15.6. The highest BCUT2D eigenvalue weighted by Gasteiger charge is 2.23. The summed E-state index contributed by atoms with van der Waals surface area (Å²) in [6, 6.07) is 8.54. The molecule has 3 N–H and O–H groups in total. The molecule has 0 radical (unpaired) electrons. The molecule has 0 aromatic heterocycles. The van der Waals surface area contributed by atoms with Crippen LogP contribution in [0.15, 0.2) is 29.4 Å². The molecule has 5 heteroatoms. The molecule has 1 aromatic carbocycles. The number of likely N-dealkylation sites (tertiary alicyclic amines) is 1. The zero-order chi connectivity index (χ0) is 15.2. The largest absolute Gasteiger partial charge is 0.492 e. The fourth-order valence-corrected chi connectivity index (χ4v) is 2.96. The summed E-state index contributed by atoms with van der Waals surface area (Å²) in [5.41, 5.74) is 6.21. The lowest BCUT2D eigenvalue weighted by Gasteiger charge is -2.38. The smallest absolute Gasteiger partial charge is 0.170 e. The van der Waals surface area contributed by atoms with Crippen molar-refractivity contribution in [2.75, 3.05) is 13.2 Å². The van der Waals surface area contributed by atoms with Gasteiger partial charge in [-0.1, -0.05) is 11.6 Å². The maximum Gasteiger partial charge on any atom is 0.170 e. The average Bonchev–Trinajstić information content (AvgIpc) is 2.50. The SMILES string of the molecule is C[C@@H]1CCC[C@H](C)N1CCOc1ccc(/C(N)=N/O)cc1. The van der Waals surface area contributed by atoms with Gasteiger partial charge in [-0.25, -0.2) is 0 Å². The van der Waals surface area contributed by atoms with Gasteiger partial charge in [0, 0.05) is 24.2 Å². The third kappa shape index (κ3) is 4.11. The van der Waals surface area contributed by atoms with Crippen LogP contribution in [0.5, 0.6) is 5.75 Å². The van der Waals surface area contributed by atoms with Crippen molar-refractivity contribution >= 4 is 5.84 Å². The molecule has 2 atom stereocenters. The van der Waals surface area contributed by atoms with Crippen molar-refractivity contribution in [1.29, 1.82) is 0 Å². The van der Waals surface area contributed by atoms with E-state index < -0.39 is 0 Å². The highest BCUT2D eigenvalue weighted by atomic mass is 16.5. The van der Waals surface area contributed by atoms with Gasteiger partial charge in [0.15, 0.2) is 5.84 Å². The van der Waals surface area contributed by atoms with Gasteiger partial charge < -0.3 is 15.7 Å². The second-order valence-electron chi connectivity index (χ2n) is 5.72. The van der Waals surface area contributed by atoms with Crippen molar-refractivity contribution in [2.24, 2.45) is 10.9 Å². The second kappa shape index (κ2) is 7.31. The average molecular weight is 291 g/mol. The molecule has 1 aliphatic rings. The van der Waals surface area contributed by atoms with E-state index in [0.717, 1.165) is 12.3 Å². The lowest BCUT2D eigenvalue weighted by molar-refractivity contribution is 0.0851. The monoisotopic (exact) mass is 291 g/mol. The van der Waals surface area contributed by atoms with Crippen LogP contribution in [0.2, 0.25) is 0 Å². The number of nitrogens with zero attached hydrogens (tertiary/aromatic N) is 2. The number of oxime groups is 1. The van der Waals surface area contributed by atoms with Crippen LogP contribution in [0.25, 0.3) is 0 Å². The minimum Gasteiger partial charge on any atom is -0.492 e. The molecule has 0 unspecified atom stereocenters. The molecule has 0 saturated carbocycles. The topological polar surface area (TPSA) is 71.1 Å². The molecule has 0 amide bonds. The Labute approximate surface area is 126 Å². The van der Waals surface area contributed by atoms with Crippen molar-refractivity contribution in [3.8, 4) is 5.75 Å². The molecule has 0 bridgehead atoms. The Bertz CT molecular complexity index is 463. The lowest BCUT2D eigenvalue weighted by atomic mass is 9.98. The lowest BCUT2D eigenvalue weighted by Crippen LogP contribution is -2.45. The Morgan fingerprint density at radius 2 is 1.90 bits per heavy atom. The number of amidine groups is 1. The van der Waals surface area contributed by atoms with Crippen LogP contribution in [0.4, 0.5) is 0 Å². The third-order valence-corrected chi connectivity index (χ3v) is 4.25. The van der Waals surface area contributed by atoms with Gasteiger partial charge in [-0.15, -0.1) is 0 Å². The van der Waals surface area contributed by atoms with E-state index in [4.69, 9.17) is 15.7 Å². The third-order valence-electron chi connectivity index (χ3n) is 4.25. The van der Waals surface area contributed by atoms with Crippen LogP contribution in [0.1, 0.15) is 38.7 Å². The summed E-state index contributed by atoms with van der Waals surface area (Å²) in [7, 11) is 0. The Morgan fingerprint density at radius 3 is 2.48 bits per heavy atom. The zero-order valence-corrected chi connectivity index (χ0v) is 12.8. The quantitative estimate of drug-likeness (QED) is 0.378. The first-order valence-corrected chi connectivity index (χ1v) is 7.58. The molecule has 21 heavy (non-hydrogen) atoms. The molecule has 1 heterocycles. The molecule has 116 valence electrons. The number of ether oxygens (including phenoxy) is 1. The first-order valence-electron chi connectivity index (χ1n) is 7.58. The van der Waals surface area contributed by atoms with E-state index >= 15 is 0 Å². The van der Waals surface area contributed by atoms with Gasteiger partial charge in [0.1, 0.15) is 12.4 Å². The number of hydrogen-bond donors (Lipinski definition) is 2. The van der Waals surface area contributed by atoms with E-state index in [1.807, 2.05) is 12.1 Å². The molecule has 1 saturated heterocycles. The Kier molecular flexibility index (Phi) is 5.44. The maximum absolute atomic E-state index is 8.62. The summed E-state index contributed by atoms with van der Waals surface area (Å²) in [5.74, 6) is 0.916. The van der Waals surface area contributed by atoms with E-state index in [9.17, 15) is 0 Å². The van der Waals surface area contributed by atoms with Crippen LogP contribution in [0.3, 0.4) is 0 Å². The Morgan fingerprint density at radius 1 is 1.29 bits per heavy atom. The fourth-order valence-electron chi connectivity index (χ4n) is 2.96. The summed E-state index contributed by atoms with van der Waals surface area (Å²) in [5, 5.41) is 11.6. The zero-order valence-electron chi connectivity index (χ0n) is 12.8. The van der Waals surface area contributed by atoms with Crippen LogP contribution >= 0.6 is 0 Å². The minimum absolute atomic E-state index is 0.109.